The first-order valence-electron chi connectivity index (χ1n) is 6.64. The van der Waals surface area contributed by atoms with Crippen molar-refractivity contribution >= 4 is 11.9 Å². The van der Waals surface area contributed by atoms with E-state index in [2.05, 4.69) is 15.5 Å². The lowest BCUT2D eigenvalue weighted by Gasteiger charge is -2.01. The molecular weight excluding hydrogens is 274 g/mol. The second-order valence-corrected chi connectivity index (χ2v) is 4.45. The first kappa shape index (κ1) is 14.8. The number of nitrogens with zero attached hydrogens (tertiary/aromatic N) is 4. The zero-order valence-electron chi connectivity index (χ0n) is 11.7. The van der Waals surface area contributed by atoms with Crippen LogP contribution in [0.3, 0.4) is 0 Å². The Morgan fingerprint density at radius 2 is 2.00 bits per heavy atom. The van der Waals surface area contributed by atoms with E-state index in [9.17, 15) is 9.59 Å². The lowest BCUT2D eigenvalue weighted by molar-refractivity contribution is -0.137. The smallest absolute Gasteiger partial charge is 0.305 e. The molecule has 2 aromatic rings. The predicted molar refractivity (Wildman–Crippen MR) is 73.6 cm³/mol. The molecular formula is C13H17N5O3. The van der Waals surface area contributed by atoms with Gasteiger partial charge in [-0.1, -0.05) is 0 Å². The summed E-state index contributed by atoms with van der Waals surface area (Å²) in [6.45, 7) is 3.33. The van der Waals surface area contributed by atoms with Crippen molar-refractivity contribution in [3.05, 3.63) is 35.9 Å². The molecule has 0 fully saturated rings. The first-order chi connectivity index (χ1) is 10.1. The van der Waals surface area contributed by atoms with Gasteiger partial charge in [-0.05, 0) is 19.1 Å². The van der Waals surface area contributed by atoms with Crippen LogP contribution in [0.5, 0.6) is 0 Å². The van der Waals surface area contributed by atoms with Crippen LogP contribution in [0.4, 0.5) is 0 Å². The summed E-state index contributed by atoms with van der Waals surface area (Å²) < 4.78 is 3.22. The van der Waals surface area contributed by atoms with Crippen molar-refractivity contribution in [1.82, 2.24) is 24.9 Å². The molecule has 8 heteroatoms. The number of aliphatic carboxylic acids is 1. The van der Waals surface area contributed by atoms with Crippen molar-refractivity contribution in [2.75, 3.05) is 0 Å². The van der Waals surface area contributed by atoms with Gasteiger partial charge >= 0.3 is 5.97 Å². The summed E-state index contributed by atoms with van der Waals surface area (Å²) in [4.78, 5) is 22.4. The molecule has 0 aliphatic heterocycles. The van der Waals surface area contributed by atoms with Crippen LogP contribution in [0.1, 0.15) is 29.5 Å². The third-order valence-electron chi connectivity index (χ3n) is 2.88. The van der Waals surface area contributed by atoms with E-state index in [0.29, 0.717) is 6.54 Å². The number of carboxylic acids is 1. The number of aromatic nitrogens is 4. The molecule has 112 valence electrons. The van der Waals surface area contributed by atoms with E-state index in [1.54, 1.807) is 16.9 Å². The average molecular weight is 291 g/mol. The maximum Gasteiger partial charge on any atom is 0.305 e. The van der Waals surface area contributed by atoms with E-state index in [1.807, 2.05) is 19.2 Å². The van der Waals surface area contributed by atoms with E-state index in [1.165, 1.54) is 4.68 Å². The third-order valence-corrected chi connectivity index (χ3v) is 2.88. The van der Waals surface area contributed by atoms with Crippen molar-refractivity contribution < 1.29 is 14.7 Å². The standard InChI is InChI=1S/C13H17N5O3/c1-2-17-6-3-10(15-17)9-14-13(21)11-4-7-18(16-11)8-5-12(19)20/h3-4,6-7H,2,5,8-9H2,1H3,(H,14,21)(H,19,20). The van der Waals surface area contributed by atoms with Gasteiger partial charge in [0, 0.05) is 18.9 Å². The van der Waals surface area contributed by atoms with Crippen LogP contribution in [0.2, 0.25) is 0 Å². The molecule has 0 aliphatic rings. The fourth-order valence-electron chi connectivity index (χ4n) is 1.75. The molecule has 0 spiro atoms. The molecule has 2 rings (SSSR count). The minimum atomic E-state index is -0.900. The maximum atomic E-state index is 11.9. The highest BCUT2D eigenvalue weighted by atomic mass is 16.4. The van der Waals surface area contributed by atoms with Crippen LogP contribution in [0.25, 0.3) is 0 Å². The quantitative estimate of drug-likeness (QED) is 0.773. The highest BCUT2D eigenvalue weighted by molar-refractivity contribution is 5.92. The molecule has 2 aromatic heterocycles. The number of amides is 1. The fraction of sp³-hybridized carbons (Fsp3) is 0.385. The Hall–Kier alpha value is -2.64. The SMILES string of the molecule is CCn1ccc(CNC(=O)c2ccn(CCC(=O)O)n2)n1. The molecule has 0 aliphatic carbocycles. The van der Waals surface area contributed by atoms with Crippen molar-refractivity contribution in [2.45, 2.75) is 33.0 Å². The molecule has 21 heavy (non-hydrogen) atoms. The molecule has 0 saturated carbocycles. The molecule has 2 N–H and O–H groups in total. The van der Waals surface area contributed by atoms with Gasteiger partial charge in [0.15, 0.2) is 0 Å². The van der Waals surface area contributed by atoms with Crippen molar-refractivity contribution in [1.29, 1.82) is 0 Å². The zero-order valence-corrected chi connectivity index (χ0v) is 11.7. The number of nitrogens with one attached hydrogen (secondary N) is 1. The van der Waals surface area contributed by atoms with Crippen molar-refractivity contribution in [2.24, 2.45) is 0 Å². The molecule has 0 aromatic carbocycles. The molecule has 0 radical (unpaired) electrons. The average Bonchev–Trinajstić information content (AvgIpc) is 3.11. The number of carbonyl (C=O) groups excluding carboxylic acids is 1. The van der Waals surface area contributed by atoms with Crippen molar-refractivity contribution in [3.8, 4) is 0 Å². The second kappa shape index (κ2) is 6.69. The van der Waals surface area contributed by atoms with Crippen LogP contribution < -0.4 is 5.32 Å². The van der Waals surface area contributed by atoms with Crippen molar-refractivity contribution in [3.63, 3.8) is 0 Å². The van der Waals surface area contributed by atoms with Crippen LogP contribution in [-0.2, 0) is 24.4 Å². The summed E-state index contributed by atoms with van der Waals surface area (Å²) in [6.07, 6.45) is 3.41. The number of rotatable bonds is 7. The maximum absolute atomic E-state index is 11.9. The normalized spacial score (nSPS) is 10.5. The molecule has 0 unspecified atom stereocenters. The second-order valence-electron chi connectivity index (χ2n) is 4.45. The number of hydrogen-bond donors (Lipinski definition) is 2. The first-order valence-corrected chi connectivity index (χ1v) is 6.64. The van der Waals surface area contributed by atoms with E-state index in [4.69, 9.17) is 5.11 Å². The third kappa shape index (κ3) is 4.16. The van der Waals surface area contributed by atoms with Gasteiger partial charge in [-0.25, -0.2) is 0 Å². The largest absolute Gasteiger partial charge is 0.481 e. The van der Waals surface area contributed by atoms with E-state index in [-0.39, 0.29) is 24.6 Å². The van der Waals surface area contributed by atoms with Gasteiger partial charge in [-0.2, -0.15) is 10.2 Å². The summed E-state index contributed by atoms with van der Waals surface area (Å²) in [5, 5.41) is 19.6. The molecule has 2 heterocycles. The summed E-state index contributed by atoms with van der Waals surface area (Å²) in [6, 6.07) is 3.40. The summed E-state index contributed by atoms with van der Waals surface area (Å²) in [5.74, 6) is -1.21. The van der Waals surface area contributed by atoms with Crippen LogP contribution in [0.15, 0.2) is 24.5 Å². The van der Waals surface area contributed by atoms with E-state index < -0.39 is 5.97 Å². The van der Waals surface area contributed by atoms with Crippen LogP contribution in [-0.4, -0.2) is 36.5 Å². The van der Waals surface area contributed by atoms with E-state index >= 15 is 0 Å². The van der Waals surface area contributed by atoms with Gasteiger partial charge in [0.1, 0.15) is 5.69 Å². The molecule has 8 nitrogen and oxygen atoms in total. The highest BCUT2D eigenvalue weighted by Gasteiger charge is 2.10. The monoisotopic (exact) mass is 291 g/mol. The van der Waals surface area contributed by atoms with Gasteiger partial charge in [0.2, 0.25) is 0 Å². The van der Waals surface area contributed by atoms with Gasteiger partial charge in [0.05, 0.1) is 25.2 Å². The Kier molecular flexibility index (Phi) is 4.70. The Labute approximate surface area is 121 Å². The summed E-state index contributed by atoms with van der Waals surface area (Å²) in [7, 11) is 0. The molecule has 0 saturated heterocycles. The number of carboxylic acid groups (broad SMARTS) is 1. The van der Waals surface area contributed by atoms with Gasteiger partial charge in [-0.3, -0.25) is 19.0 Å². The van der Waals surface area contributed by atoms with E-state index in [0.717, 1.165) is 12.2 Å². The minimum absolute atomic E-state index is 0.0306. The summed E-state index contributed by atoms with van der Waals surface area (Å²) >= 11 is 0. The van der Waals surface area contributed by atoms with Gasteiger partial charge in [-0.15, -0.1) is 0 Å². The van der Waals surface area contributed by atoms with Gasteiger partial charge in [0.25, 0.3) is 5.91 Å². The Morgan fingerprint density at radius 1 is 1.24 bits per heavy atom. The fourth-order valence-corrected chi connectivity index (χ4v) is 1.75. The molecule has 1 amide bonds. The highest BCUT2D eigenvalue weighted by Crippen LogP contribution is 2.00. The number of aryl methyl sites for hydroxylation is 2. The Balaban J connectivity index is 1.86. The summed E-state index contributed by atoms with van der Waals surface area (Å²) in [5.41, 5.74) is 1.03. The minimum Gasteiger partial charge on any atom is -0.481 e. The van der Waals surface area contributed by atoms with Gasteiger partial charge < -0.3 is 10.4 Å². The predicted octanol–water partition coefficient (Wildman–Crippen LogP) is 0.504. The zero-order chi connectivity index (χ0) is 15.2. The Bertz CT molecular complexity index is 631. The number of hydrogen-bond acceptors (Lipinski definition) is 4. The van der Waals surface area contributed by atoms with Crippen LogP contribution in [0, 0.1) is 0 Å². The number of carbonyl (C=O) groups is 2. The van der Waals surface area contributed by atoms with Crippen LogP contribution >= 0.6 is 0 Å². The Morgan fingerprint density at radius 3 is 2.67 bits per heavy atom. The topological polar surface area (TPSA) is 102 Å². The lowest BCUT2D eigenvalue weighted by Crippen LogP contribution is -2.24. The molecule has 0 bridgehead atoms. The molecule has 0 atom stereocenters. The lowest BCUT2D eigenvalue weighted by atomic mass is 10.4.